The van der Waals surface area contributed by atoms with E-state index in [4.69, 9.17) is 10.2 Å². The molecule has 0 bridgehead atoms. The number of oxime groups is 1. The van der Waals surface area contributed by atoms with Gasteiger partial charge in [0.1, 0.15) is 5.92 Å². The van der Waals surface area contributed by atoms with Gasteiger partial charge in [0, 0.05) is 36.6 Å². The van der Waals surface area contributed by atoms with Crippen LogP contribution < -0.4 is 5.32 Å². The molecule has 0 aliphatic carbocycles. The number of Topliss-reactive ketones (excluding diaryl/α,β-unsaturated/α-hetero) is 1. The molecule has 0 saturated heterocycles. The summed E-state index contributed by atoms with van der Waals surface area (Å²) in [5, 5.41) is 13.9. The fourth-order valence-electron chi connectivity index (χ4n) is 3.07. The zero-order valence-corrected chi connectivity index (χ0v) is 16.5. The van der Waals surface area contributed by atoms with Crippen molar-refractivity contribution in [2.75, 3.05) is 12.8 Å². The molecule has 2 N–H and O–H groups in total. The second-order valence-electron chi connectivity index (χ2n) is 6.45. The lowest BCUT2D eigenvalue weighted by Crippen LogP contribution is -2.36. The lowest BCUT2D eigenvalue weighted by Gasteiger charge is -2.20. The van der Waals surface area contributed by atoms with Crippen molar-refractivity contribution in [1.82, 2.24) is 5.32 Å². The average molecular weight is 393 g/mol. The van der Waals surface area contributed by atoms with E-state index in [0.29, 0.717) is 24.1 Å². The van der Waals surface area contributed by atoms with E-state index < -0.39 is 33.5 Å². The molecule has 0 fully saturated rings. The highest BCUT2D eigenvalue weighted by Crippen LogP contribution is 2.36. The summed E-state index contributed by atoms with van der Waals surface area (Å²) in [6.07, 6.45) is 1.66. The maximum atomic E-state index is 12.9. The molecule has 0 aromatic heterocycles. The minimum Gasteiger partial charge on any atom is -0.387 e. The van der Waals surface area contributed by atoms with Gasteiger partial charge in [-0.3, -0.25) is 9.59 Å². The van der Waals surface area contributed by atoms with Gasteiger partial charge in [0.05, 0.1) is 10.6 Å². The van der Waals surface area contributed by atoms with E-state index in [0.717, 1.165) is 18.2 Å². The zero-order chi connectivity index (χ0) is 20.4. The van der Waals surface area contributed by atoms with E-state index in [9.17, 15) is 18.0 Å². The lowest BCUT2D eigenvalue weighted by atomic mass is 9.89. The van der Waals surface area contributed by atoms with Crippen LogP contribution in [0.3, 0.4) is 0 Å². The number of carbonyl (C=O) groups excluding carboxylic acids is 2. The Morgan fingerprint density at radius 3 is 2.56 bits per heavy atom. The molecule has 0 spiro atoms. The van der Waals surface area contributed by atoms with Crippen molar-refractivity contribution in [2.45, 2.75) is 38.2 Å². The third-order valence-corrected chi connectivity index (χ3v) is 5.52. The summed E-state index contributed by atoms with van der Waals surface area (Å²) < 4.78 is 24.5. The Morgan fingerprint density at radius 1 is 1.41 bits per heavy atom. The largest absolute Gasteiger partial charge is 0.387 e. The number of amides is 1. The molecule has 27 heavy (non-hydrogen) atoms. The first kappa shape index (κ1) is 20.8. The minimum absolute atomic E-state index is 0.0656. The predicted molar refractivity (Wildman–Crippen MR) is 101 cm³/mol. The molecule has 2 rings (SSSR count). The summed E-state index contributed by atoms with van der Waals surface area (Å²) in [6, 6.07) is 2.73. The van der Waals surface area contributed by atoms with Gasteiger partial charge in [-0.15, -0.1) is 0 Å². The maximum Gasteiger partial charge on any atom is 0.236 e. The Kier molecular flexibility index (Phi) is 6.15. The average Bonchev–Trinajstić information content (AvgIpc) is 3.00. The monoisotopic (exact) mass is 393 g/mol. The number of rotatable bonds is 7. The first-order chi connectivity index (χ1) is 12.6. The van der Waals surface area contributed by atoms with E-state index in [1.54, 1.807) is 20.8 Å². The molecule has 0 saturated carbocycles. The van der Waals surface area contributed by atoms with E-state index in [2.05, 4.69) is 10.5 Å². The number of benzene rings is 1. The molecular formula is C18H23N3O5S. The van der Waals surface area contributed by atoms with Crippen LogP contribution >= 0.6 is 0 Å². The van der Waals surface area contributed by atoms with Crippen LogP contribution in [0, 0.1) is 18.3 Å². The van der Waals surface area contributed by atoms with Gasteiger partial charge in [-0.05, 0) is 38.5 Å². The second kappa shape index (κ2) is 7.99. The number of nitrogens with zero attached hydrogens (tertiary/aromatic N) is 1. The SMILES string of the molecule is CCNC(=O)C(C=N)C(=O)c1ccc(S(C)(=O)=O)c(C2CC(C)=NO2)c1C. The van der Waals surface area contributed by atoms with Gasteiger partial charge >= 0.3 is 0 Å². The van der Waals surface area contributed by atoms with Gasteiger partial charge in [-0.25, -0.2) is 8.42 Å². The van der Waals surface area contributed by atoms with Crippen LogP contribution in [0.2, 0.25) is 0 Å². The van der Waals surface area contributed by atoms with Gasteiger partial charge in [0.15, 0.2) is 21.7 Å². The Bertz CT molecular complexity index is 921. The van der Waals surface area contributed by atoms with Crippen molar-refractivity contribution in [3.05, 3.63) is 28.8 Å². The summed E-state index contributed by atoms with van der Waals surface area (Å²) in [5.41, 5.74) is 1.68. The Hall–Kier alpha value is -2.55. The highest BCUT2D eigenvalue weighted by molar-refractivity contribution is 7.90. The van der Waals surface area contributed by atoms with Gasteiger partial charge in [0.2, 0.25) is 5.91 Å². The fourth-order valence-corrected chi connectivity index (χ4v) is 4.07. The maximum absolute atomic E-state index is 12.9. The Balaban J connectivity index is 2.58. The van der Waals surface area contributed by atoms with Crippen LogP contribution in [0.5, 0.6) is 0 Å². The molecule has 9 heteroatoms. The molecule has 2 atom stereocenters. The predicted octanol–water partition coefficient (Wildman–Crippen LogP) is 1.82. The second-order valence-corrected chi connectivity index (χ2v) is 8.43. The summed E-state index contributed by atoms with van der Waals surface area (Å²) in [5.74, 6) is -2.41. The first-order valence-corrected chi connectivity index (χ1v) is 10.4. The minimum atomic E-state index is -3.57. The van der Waals surface area contributed by atoms with Gasteiger partial charge in [-0.1, -0.05) is 5.16 Å². The molecule has 1 aliphatic rings. The van der Waals surface area contributed by atoms with E-state index in [-0.39, 0.29) is 10.5 Å². The van der Waals surface area contributed by atoms with Crippen LogP contribution in [0.1, 0.15) is 47.9 Å². The van der Waals surface area contributed by atoms with E-state index >= 15 is 0 Å². The number of nitrogens with one attached hydrogen (secondary N) is 2. The topological polar surface area (TPSA) is 126 Å². The molecule has 1 amide bonds. The van der Waals surface area contributed by atoms with Crippen molar-refractivity contribution < 1.29 is 22.8 Å². The third-order valence-electron chi connectivity index (χ3n) is 4.36. The molecule has 1 aromatic rings. The molecular weight excluding hydrogens is 370 g/mol. The first-order valence-electron chi connectivity index (χ1n) is 8.47. The van der Waals surface area contributed by atoms with Crippen molar-refractivity contribution in [3.63, 3.8) is 0 Å². The highest BCUT2D eigenvalue weighted by Gasteiger charge is 2.33. The van der Waals surface area contributed by atoms with Gasteiger partial charge in [-0.2, -0.15) is 0 Å². The van der Waals surface area contributed by atoms with Crippen molar-refractivity contribution >= 4 is 33.5 Å². The smallest absolute Gasteiger partial charge is 0.236 e. The highest BCUT2D eigenvalue weighted by atomic mass is 32.2. The summed E-state index contributed by atoms with van der Waals surface area (Å²) in [4.78, 5) is 30.4. The van der Waals surface area contributed by atoms with Crippen LogP contribution in [-0.4, -0.2) is 44.8 Å². The van der Waals surface area contributed by atoms with Gasteiger partial charge < -0.3 is 15.6 Å². The molecule has 1 aliphatic heterocycles. The van der Waals surface area contributed by atoms with Crippen molar-refractivity contribution in [2.24, 2.45) is 11.1 Å². The number of carbonyl (C=O) groups is 2. The molecule has 1 aromatic carbocycles. The van der Waals surface area contributed by atoms with Crippen LogP contribution in [0.25, 0.3) is 0 Å². The molecule has 2 unspecified atom stereocenters. The third kappa shape index (κ3) is 4.24. The van der Waals surface area contributed by atoms with Crippen molar-refractivity contribution in [3.8, 4) is 0 Å². The fraction of sp³-hybridized carbons (Fsp3) is 0.444. The number of hydrogen-bond donors (Lipinski definition) is 2. The standard InChI is InChI=1S/C18H23N3O5S/c1-5-20-18(23)13(9-19)17(22)12-6-7-15(27(4,24)25)16(11(12)3)14-8-10(2)21-26-14/h6-7,9,13-14,19H,5,8H2,1-4H3,(H,20,23). The lowest BCUT2D eigenvalue weighted by molar-refractivity contribution is -0.121. The van der Waals surface area contributed by atoms with E-state index in [1.807, 2.05) is 0 Å². The summed E-state index contributed by atoms with van der Waals surface area (Å²) >= 11 is 0. The summed E-state index contributed by atoms with van der Waals surface area (Å²) in [6.45, 7) is 5.44. The molecule has 1 heterocycles. The van der Waals surface area contributed by atoms with Crippen LogP contribution in [0.15, 0.2) is 22.2 Å². The molecule has 8 nitrogen and oxygen atoms in total. The molecule has 0 radical (unpaired) electrons. The van der Waals surface area contributed by atoms with Crippen LogP contribution in [-0.2, 0) is 19.5 Å². The summed E-state index contributed by atoms with van der Waals surface area (Å²) in [7, 11) is -3.57. The Morgan fingerprint density at radius 2 is 2.07 bits per heavy atom. The van der Waals surface area contributed by atoms with Gasteiger partial charge in [0.25, 0.3) is 0 Å². The van der Waals surface area contributed by atoms with E-state index in [1.165, 1.54) is 12.1 Å². The number of ketones is 1. The normalized spacial score (nSPS) is 17.6. The Labute approximate surface area is 158 Å². The molecule has 146 valence electrons. The zero-order valence-electron chi connectivity index (χ0n) is 15.7. The quantitative estimate of drug-likeness (QED) is 0.415. The van der Waals surface area contributed by atoms with Crippen LogP contribution in [0.4, 0.5) is 0 Å². The number of sulfone groups is 1. The van der Waals surface area contributed by atoms with Crippen molar-refractivity contribution in [1.29, 1.82) is 5.41 Å². The number of hydrogen-bond acceptors (Lipinski definition) is 7.